The zero-order valence-electron chi connectivity index (χ0n) is 17.3. The van der Waals surface area contributed by atoms with Gasteiger partial charge in [0, 0.05) is 23.6 Å². The number of methoxy groups -OCH3 is 2. The summed E-state index contributed by atoms with van der Waals surface area (Å²) >= 11 is 0. The third kappa shape index (κ3) is 3.76. The van der Waals surface area contributed by atoms with Crippen LogP contribution in [0.25, 0.3) is 22.1 Å². The van der Waals surface area contributed by atoms with Crippen LogP contribution >= 0.6 is 0 Å². The van der Waals surface area contributed by atoms with Crippen molar-refractivity contribution in [3.8, 4) is 11.5 Å². The summed E-state index contributed by atoms with van der Waals surface area (Å²) < 4.78 is 12.8. The lowest BCUT2D eigenvalue weighted by atomic mass is 10.2. The third-order valence-electron chi connectivity index (χ3n) is 4.92. The Balaban J connectivity index is 1.64. The van der Waals surface area contributed by atoms with E-state index >= 15 is 0 Å². The Morgan fingerprint density at radius 3 is 2.77 bits per heavy atom. The third-order valence-corrected chi connectivity index (χ3v) is 4.92. The van der Waals surface area contributed by atoms with Crippen molar-refractivity contribution in [2.75, 3.05) is 19.6 Å². The maximum atomic E-state index is 5.39. The lowest BCUT2D eigenvalue weighted by Crippen LogP contribution is -2.03. The van der Waals surface area contributed by atoms with Crippen LogP contribution in [0.15, 0.2) is 47.6 Å². The van der Waals surface area contributed by atoms with Gasteiger partial charge in [-0.1, -0.05) is 31.5 Å². The largest absolute Gasteiger partial charge is 0.497 e. The van der Waals surface area contributed by atoms with E-state index in [1.54, 1.807) is 26.5 Å². The van der Waals surface area contributed by atoms with Crippen molar-refractivity contribution >= 4 is 34.2 Å². The molecule has 0 amide bonds. The molecule has 0 aliphatic rings. The monoisotopic (exact) mass is 404 g/mol. The maximum absolute atomic E-state index is 5.39. The molecule has 0 bridgehead atoms. The molecule has 0 unspecified atom stereocenters. The summed E-state index contributed by atoms with van der Waals surface area (Å²) in [6.45, 7) is 3.06. The summed E-state index contributed by atoms with van der Waals surface area (Å²) in [7, 11) is 3.22. The van der Waals surface area contributed by atoms with Gasteiger partial charge in [-0.05, 0) is 24.6 Å². The van der Waals surface area contributed by atoms with Gasteiger partial charge in [-0.3, -0.25) is 0 Å². The van der Waals surface area contributed by atoms with Crippen LogP contribution in [0.5, 0.6) is 11.5 Å². The molecule has 2 aromatic heterocycles. The predicted molar refractivity (Wildman–Crippen MR) is 118 cm³/mol. The van der Waals surface area contributed by atoms with Gasteiger partial charge in [-0.15, -0.1) is 10.2 Å². The zero-order valence-corrected chi connectivity index (χ0v) is 17.3. The Hall–Kier alpha value is -3.68. The number of unbranched alkanes of at least 4 members (excludes halogenated alkanes) is 1. The topological polar surface area (TPSA) is 86.5 Å². The molecule has 2 heterocycles. The molecule has 4 rings (SSSR count). The molecule has 1 N–H and O–H groups in total. The fourth-order valence-electron chi connectivity index (χ4n) is 3.38. The number of nitrogens with one attached hydrogen (secondary N) is 1. The van der Waals surface area contributed by atoms with Crippen molar-refractivity contribution in [1.82, 2.24) is 19.7 Å². The molecular weight excluding hydrogens is 380 g/mol. The van der Waals surface area contributed by atoms with Gasteiger partial charge in [0.25, 0.3) is 5.95 Å². The Morgan fingerprint density at radius 1 is 1.10 bits per heavy atom. The van der Waals surface area contributed by atoms with Crippen molar-refractivity contribution in [3.05, 3.63) is 48.0 Å². The van der Waals surface area contributed by atoms with Crippen molar-refractivity contribution in [2.45, 2.75) is 26.3 Å². The van der Waals surface area contributed by atoms with Gasteiger partial charge in [0.1, 0.15) is 17.0 Å². The molecule has 0 aliphatic carbocycles. The Bertz CT molecular complexity index is 1200. The van der Waals surface area contributed by atoms with Crippen LogP contribution in [0.1, 0.15) is 25.3 Å². The van der Waals surface area contributed by atoms with Crippen LogP contribution < -0.4 is 14.9 Å². The molecule has 4 aromatic rings. The molecule has 0 fully saturated rings. The van der Waals surface area contributed by atoms with Crippen LogP contribution in [-0.2, 0) is 6.54 Å². The van der Waals surface area contributed by atoms with Gasteiger partial charge in [-0.2, -0.15) is 10.1 Å². The van der Waals surface area contributed by atoms with E-state index in [2.05, 4.69) is 49.3 Å². The summed E-state index contributed by atoms with van der Waals surface area (Å²) in [5, 5.41) is 13.9. The van der Waals surface area contributed by atoms with E-state index in [9.17, 15) is 0 Å². The normalized spacial score (nSPS) is 11.4. The van der Waals surface area contributed by atoms with Gasteiger partial charge in [0.05, 0.1) is 26.0 Å². The number of aryl methyl sites for hydroxylation is 1. The number of hydrogen-bond donors (Lipinski definition) is 1. The number of para-hydroxylation sites is 1. The molecule has 8 heteroatoms. The van der Waals surface area contributed by atoms with Crippen LogP contribution in [0.3, 0.4) is 0 Å². The van der Waals surface area contributed by atoms with Crippen molar-refractivity contribution in [2.24, 2.45) is 5.10 Å². The second kappa shape index (κ2) is 8.77. The van der Waals surface area contributed by atoms with Crippen LogP contribution in [0, 0.1) is 0 Å². The van der Waals surface area contributed by atoms with Gasteiger partial charge >= 0.3 is 0 Å². The molecule has 154 valence electrons. The van der Waals surface area contributed by atoms with E-state index in [0.29, 0.717) is 11.7 Å². The number of hydrazone groups is 1. The van der Waals surface area contributed by atoms with E-state index < -0.39 is 0 Å². The van der Waals surface area contributed by atoms with E-state index in [1.807, 2.05) is 24.3 Å². The molecule has 0 spiro atoms. The SMILES string of the molecule is CCCCn1c2ccccc2c2nnc(N/N=C/c3ccc(OC)cc3OC)nc21. The van der Waals surface area contributed by atoms with E-state index in [0.717, 1.165) is 52.8 Å². The molecule has 0 radical (unpaired) electrons. The number of ether oxygens (including phenoxy) is 2. The highest BCUT2D eigenvalue weighted by Gasteiger charge is 2.14. The standard InChI is InChI=1S/C22H24N6O2/c1-4-5-12-28-18-9-7-6-8-17(18)20-21(28)24-22(27-25-20)26-23-14-15-10-11-16(29-2)13-19(15)30-3/h6-11,13-14H,4-5,12H2,1-3H3,(H,24,26,27)/b23-14+. The number of fused-ring (bicyclic) bond motifs is 3. The van der Waals surface area contributed by atoms with Crippen LogP contribution in [0.2, 0.25) is 0 Å². The molecule has 8 nitrogen and oxygen atoms in total. The minimum atomic E-state index is 0.340. The summed E-state index contributed by atoms with van der Waals surface area (Å²) in [6, 6.07) is 13.7. The predicted octanol–water partition coefficient (Wildman–Crippen LogP) is 4.24. The first-order valence-corrected chi connectivity index (χ1v) is 9.88. The summed E-state index contributed by atoms with van der Waals surface area (Å²) in [6.07, 6.45) is 3.82. The number of hydrogen-bond acceptors (Lipinski definition) is 7. The molecular formula is C22H24N6O2. The minimum Gasteiger partial charge on any atom is -0.497 e. The molecule has 0 aliphatic heterocycles. The molecule has 30 heavy (non-hydrogen) atoms. The number of aromatic nitrogens is 4. The molecule has 0 atom stereocenters. The Morgan fingerprint density at radius 2 is 1.97 bits per heavy atom. The first-order valence-electron chi connectivity index (χ1n) is 9.88. The van der Waals surface area contributed by atoms with Gasteiger partial charge in [0.15, 0.2) is 5.65 Å². The second-order valence-electron chi connectivity index (χ2n) is 6.81. The summed E-state index contributed by atoms with van der Waals surface area (Å²) in [5.74, 6) is 1.72. The maximum Gasteiger partial charge on any atom is 0.265 e. The lowest BCUT2D eigenvalue weighted by molar-refractivity contribution is 0.394. The second-order valence-corrected chi connectivity index (χ2v) is 6.81. The fourth-order valence-corrected chi connectivity index (χ4v) is 3.38. The highest BCUT2D eigenvalue weighted by Crippen LogP contribution is 2.27. The summed E-state index contributed by atoms with van der Waals surface area (Å²) in [4.78, 5) is 4.68. The highest BCUT2D eigenvalue weighted by atomic mass is 16.5. The number of anilines is 1. The highest BCUT2D eigenvalue weighted by molar-refractivity contribution is 6.04. The molecule has 0 saturated carbocycles. The fraction of sp³-hybridized carbons (Fsp3) is 0.273. The van der Waals surface area contributed by atoms with Crippen molar-refractivity contribution < 1.29 is 9.47 Å². The van der Waals surface area contributed by atoms with Crippen LogP contribution in [0.4, 0.5) is 5.95 Å². The summed E-state index contributed by atoms with van der Waals surface area (Å²) in [5.41, 5.74) is 6.40. The van der Waals surface area contributed by atoms with Gasteiger partial charge in [0.2, 0.25) is 0 Å². The Kier molecular flexibility index (Phi) is 5.74. The first-order chi connectivity index (χ1) is 14.7. The average molecular weight is 404 g/mol. The number of nitrogens with zero attached hydrogens (tertiary/aromatic N) is 5. The van der Waals surface area contributed by atoms with E-state index in [1.165, 1.54) is 0 Å². The van der Waals surface area contributed by atoms with Crippen molar-refractivity contribution in [1.29, 1.82) is 0 Å². The number of benzene rings is 2. The number of rotatable bonds is 8. The minimum absolute atomic E-state index is 0.340. The lowest BCUT2D eigenvalue weighted by Gasteiger charge is -2.07. The Labute approximate surface area is 174 Å². The van der Waals surface area contributed by atoms with Crippen molar-refractivity contribution in [3.63, 3.8) is 0 Å². The average Bonchev–Trinajstić information content (AvgIpc) is 3.10. The smallest absolute Gasteiger partial charge is 0.265 e. The zero-order chi connectivity index (χ0) is 20.9. The first kappa shape index (κ1) is 19.6. The van der Waals surface area contributed by atoms with Gasteiger partial charge in [-0.25, -0.2) is 5.43 Å². The van der Waals surface area contributed by atoms with Crippen LogP contribution in [-0.4, -0.2) is 40.2 Å². The van der Waals surface area contributed by atoms with E-state index in [-0.39, 0.29) is 0 Å². The van der Waals surface area contributed by atoms with Gasteiger partial charge < -0.3 is 14.0 Å². The quantitative estimate of drug-likeness (QED) is 0.349. The van der Waals surface area contributed by atoms with E-state index in [4.69, 9.17) is 9.47 Å². The molecule has 0 saturated heterocycles. The molecule has 2 aromatic carbocycles.